The lowest BCUT2D eigenvalue weighted by Gasteiger charge is -2.26. The van der Waals surface area contributed by atoms with Crippen molar-refractivity contribution in [3.05, 3.63) is 29.3 Å². The van der Waals surface area contributed by atoms with Gasteiger partial charge in [0.1, 0.15) is 12.4 Å². The lowest BCUT2D eigenvalue weighted by molar-refractivity contribution is 0.0387. The normalized spacial score (nSPS) is 15.3. The summed E-state index contributed by atoms with van der Waals surface area (Å²) in [7, 11) is 0. The predicted molar refractivity (Wildman–Crippen MR) is 85.6 cm³/mol. The Morgan fingerprint density at radius 2 is 2.05 bits per heavy atom. The molecule has 0 bridgehead atoms. The van der Waals surface area contributed by atoms with Gasteiger partial charge in [-0.2, -0.15) is 0 Å². The molecule has 7 heteroatoms. The first-order valence-electron chi connectivity index (χ1n) is 7.44. The molecule has 0 atom stereocenters. The number of benzene rings is 1. The maximum absolute atomic E-state index is 11.6. The van der Waals surface area contributed by atoms with Crippen molar-refractivity contribution in [1.82, 2.24) is 15.5 Å². The predicted octanol–water partition coefficient (Wildman–Crippen LogP) is 1.35. The van der Waals surface area contributed by atoms with E-state index in [2.05, 4.69) is 15.5 Å². The van der Waals surface area contributed by atoms with Gasteiger partial charge < -0.3 is 20.1 Å². The van der Waals surface area contributed by atoms with Gasteiger partial charge >= 0.3 is 6.03 Å². The third kappa shape index (κ3) is 6.51. The van der Waals surface area contributed by atoms with E-state index in [0.717, 1.165) is 32.8 Å². The summed E-state index contributed by atoms with van der Waals surface area (Å²) in [6, 6.07) is 7.00. The number of ether oxygens (including phenoxy) is 2. The van der Waals surface area contributed by atoms with E-state index in [1.807, 2.05) is 12.1 Å². The zero-order chi connectivity index (χ0) is 15.6. The Morgan fingerprint density at radius 3 is 2.82 bits per heavy atom. The Hall–Kier alpha value is -1.50. The van der Waals surface area contributed by atoms with Crippen LogP contribution in [0, 0.1) is 0 Å². The van der Waals surface area contributed by atoms with Crippen molar-refractivity contribution < 1.29 is 14.3 Å². The Bertz CT molecular complexity index is 467. The van der Waals surface area contributed by atoms with Crippen molar-refractivity contribution in [1.29, 1.82) is 0 Å². The monoisotopic (exact) mass is 327 g/mol. The van der Waals surface area contributed by atoms with Crippen LogP contribution in [-0.4, -0.2) is 63.5 Å². The van der Waals surface area contributed by atoms with Crippen LogP contribution in [0.15, 0.2) is 24.3 Å². The van der Waals surface area contributed by atoms with E-state index in [1.54, 1.807) is 12.1 Å². The first-order chi connectivity index (χ1) is 10.7. The number of rotatable bonds is 7. The molecule has 1 saturated heterocycles. The number of nitrogens with zero attached hydrogens (tertiary/aromatic N) is 1. The molecule has 0 aromatic heterocycles. The SMILES string of the molecule is O=C(NCCOc1cccc(Cl)c1)NCCN1CCOCC1. The van der Waals surface area contributed by atoms with Gasteiger partial charge in [0, 0.05) is 31.2 Å². The Labute approximate surface area is 135 Å². The Balaban J connectivity index is 1.50. The van der Waals surface area contributed by atoms with Gasteiger partial charge in [0.25, 0.3) is 0 Å². The molecule has 0 unspecified atom stereocenters. The quantitative estimate of drug-likeness (QED) is 0.742. The number of urea groups is 1. The molecular weight excluding hydrogens is 306 g/mol. The van der Waals surface area contributed by atoms with E-state index < -0.39 is 0 Å². The minimum atomic E-state index is -0.178. The second-order valence-corrected chi connectivity index (χ2v) is 5.38. The van der Waals surface area contributed by atoms with Gasteiger partial charge in [-0.15, -0.1) is 0 Å². The number of hydrogen-bond acceptors (Lipinski definition) is 4. The summed E-state index contributed by atoms with van der Waals surface area (Å²) in [4.78, 5) is 13.9. The third-order valence-corrected chi connectivity index (χ3v) is 3.50. The summed E-state index contributed by atoms with van der Waals surface area (Å²) < 4.78 is 10.8. The van der Waals surface area contributed by atoms with Gasteiger partial charge in [0.15, 0.2) is 0 Å². The van der Waals surface area contributed by atoms with Crippen LogP contribution < -0.4 is 15.4 Å². The standard InChI is InChI=1S/C15H22ClN3O3/c16-13-2-1-3-14(12-13)22-9-5-18-15(20)17-4-6-19-7-10-21-11-8-19/h1-3,12H,4-11H2,(H2,17,18,20). The molecule has 0 saturated carbocycles. The second kappa shape index (κ2) is 9.50. The zero-order valence-corrected chi connectivity index (χ0v) is 13.3. The van der Waals surface area contributed by atoms with Gasteiger partial charge in [-0.25, -0.2) is 4.79 Å². The van der Waals surface area contributed by atoms with Crippen molar-refractivity contribution in [2.45, 2.75) is 0 Å². The fraction of sp³-hybridized carbons (Fsp3) is 0.533. The molecule has 1 aromatic carbocycles. The van der Waals surface area contributed by atoms with Gasteiger partial charge in [-0.1, -0.05) is 17.7 Å². The highest BCUT2D eigenvalue weighted by Gasteiger charge is 2.09. The molecule has 1 aliphatic heterocycles. The van der Waals surface area contributed by atoms with E-state index in [0.29, 0.717) is 30.5 Å². The Morgan fingerprint density at radius 1 is 1.27 bits per heavy atom. The van der Waals surface area contributed by atoms with Crippen molar-refractivity contribution >= 4 is 17.6 Å². The number of nitrogens with one attached hydrogen (secondary N) is 2. The second-order valence-electron chi connectivity index (χ2n) is 4.94. The summed E-state index contributed by atoms with van der Waals surface area (Å²) in [5.74, 6) is 0.696. The van der Waals surface area contributed by atoms with Gasteiger partial charge in [0.2, 0.25) is 0 Å². The van der Waals surface area contributed by atoms with Crippen LogP contribution in [0.2, 0.25) is 5.02 Å². The maximum atomic E-state index is 11.6. The molecule has 2 rings (SSSR count). The number of amides is 2. The molecule has 1 fully saturated rings. The third-order valence-electron chi connectivity index (χ3n) is 3.27. The largest absolute Gasteiger partial charge is 0.492 e. The van der Waals surface area contributed by atoms with Crippen molar-refractivity contribution in [3.8, 4) is 5.75 Å². The fourth-order valence-corrected chi connectivity index (χ4v) is 2.29. The molecule has 2 amide bonds. The minimum absolute atomic E-state index is 0.178. The van der Waals surface area contributed by atoms with Crippen LogP contribution in [0.1, 0.15) is 0 Å². The average Bonchev–Trinajstić information content (AvgIpc) is 2.53. The fourth-order valence-electron chi connectivity index (χ4n) is 2.11. The molecule has 22 heavy (non-hydrogen) atoms. The minimum Gasteiger partial charge on any atom is -0.492 e. The van der Waals surface area contributed by atoms with Crippen molar-refractivity contribution in [2.75, 3.05) is 52.5 Å². The van der Waals surface area contributed by atoms with Crippen molar-refractivity contribution in [3.63, 3.8) is 0 Å². The van der Waals surface area contributed by atoms with Gasteiger partial charge in [-0.05, 0) is 18.2 Å². The summed E-state index contributed by atoms with van der Waals surface area (Å²) in [5.41, 5.74) is 0. The van der Waals surface area contributed by atoms with E-state index in [9.17, 15) is 4.79 Å². The van der Waals surface area contributed by atoms with Gasteiger partial charge in [-0.3, -0.25) is 4.90 Å². The molecule has 0 radical (unpaired) electrons. The van der Waals surface area contributed by atoms with Crippen LogP contribution in [0.25, 0.3) is 0 Å². The van der Waals surface area contributed by atoms with Crippen LogP contribution in [0.4, 0.5) is 4.79 Å². The molecule has 1 heterocycles. The summed E-state index contributed by atoms with van der Waals surface area (Å²) in [5, 5.41) is 6.21. The number of halogens is 1. The zero-order valence-electron chi connectivity index (χ0n) is 12.5. The highest BCUT2D eigenvalue weighted by atomic mass is 35.5. The highest BCUT2D eigenvalue weighted by molar-refractivity contribution is 6.30. The number of carbonyl (C=O) groups is 1. The summed E-state index contributed by atoms with van der Waals surface area (Å²) in [6.45, 7) is 5.71. The van der Waals surface area contributed by atoms with Crippen molar-refractivity contribution in [2.24, 2.45) is 0 Å². The summed E-state index contributed by atoms with van der Waals surface area (Å²) in [6.07, 6.45) is 0. The first-order valence-corrected chi connectivity index (χ1v) is 7.82. The van der Waals surface area contributed by atoms with E-state index >= 15 is 0 Å². The lowest BCUT2D eigenvalue weighted by atomic mass is 10.3. The number of morpholine rings is 1. The topological polar surface area (TPSA) is 62.8 Å². The molecule has 1 aliphatic rings. The lowest BCUT2D eigenvalue weighted by Crippen LogP contribution is -2.44. The maximum Gasteiger partial charge on any atom is 0.314 e. The van der Waals surface area contributed by atoms with Crippen LogP contribution >= 0.6 is 11.6 Å². The molecule has 2 N–H and O–H groups in total. The smallest absolute Gasteiger partial charge is 0.314 e. The van der Waals surface area contributed by atoms with Crippen LogP contribution in [0.3, 0.4) is 0 Å². The van der Waals surface area contributed by atoms with Crippen LogP contribution in [-0.2, 0) is 4.74 Å². The molecule has 1 aromatic rings. The van der Waals surface area contributed by atoms with Crippen LogP contribution in [0.5, 0.6) is 5.75 Å². The highest BCUT2D eigenvalue weighted by Crippen LogP contribution is 2.16. The molecule has 0 aliphatic carbocycles. The van der Waals surface area contributed by atoms with E-state index in [4.69, 9.17) is 21.1 Å². The molecule has 0 spiro atoms. The molecule has 6 nitrogen and oxygen atoms in total. The average molecular weight is 328 g/mol. The molecular formula is C15H22ClN3O3. The first kappa shape index (κ1) is 16.9. The Kier molecular flexibility index (Phi) is 7.28. The van der Waals surface area contributed by atoms with E-state index in [1.165, 1.54) is 0 Å². The van der Waals surface area contributed by atoms with Gasteiger partial charge in [0.05, 0.1) is 19.8 Å². The molecule has 122 valence electrons. The number of carbonyl (C=O) groups excluding carboxylic acids is 1. The summed E-state index contributed by atoms with van der Waals surface area (Å²) >= 11 is 5.86. The number of hydrogen-bond donors (Lipinski definition) is 2. The van der Waals surface area contributed by atoms with E-state index in [-0.39, 0.29) is 6.03 Å².